The molecule has 1 amide bonds. The molecule has 35 heavy (non-hydrogen) atoms. The Morgan fingerprint density at radius 2 is 1.83 bits per heavy atom. The summed E-state index contributed by atoms with van der Waals surface area (Å²) in [6, 6.07) is 21.4. The molecule has 7 heteroatoms. The van der Waals surface area contributed by atoms with Gasteiger partial charge in [0.15, 0.2) is 6.10 Å². The molecule has 0 spiro atoms. The lowest BCUT2D eigenvalue weighted by molar-refractivity contribution is -0.126. The Bertz CT molecular complexity index is 1330. The number of amides is 1. The van der Waals surface area contributed by atoms with Crippen LogP contribution in [-0.4, -0.2) is 39.3 Å². The summed E-state index contributed by atoms with van der Waals surface area (Å²) in [5, 5.41) is 4.65. The summed E-state index contributed by atoms with van der Waals surface area (Å²) in [6.45, 7) is 2.73. The quantitative estimate of drug-likeness (QED) is 0.391. The van der Waals surface area contributed by atoms with Gasteiger partial charge in [-0.05, 0) is 49.1 Å². The van der Waals surface area contributed by atoms with Crippen molar-refractivity contribution in [1.82, 2.24) is 14.8 Å². The van der Waals surface area contributed by atoms with Crippen LogP contribution in [0.2, 0.25) is 0 Å². The number of benzene rings is 2. The van der Waals surface area contributed by atoms with E-state index in [1.54, 1.807) is 41.2 Å². The average Bonchev–Trinajstić information content (AvgIpc) is 3.33. The zero-order valence-electron chi connectivity index (χ0n) is 19.5. The van der Waals surface area contributed by atoms with E-state index < -0.39 is 12.1 Å². The highest BCUT2D eigenvalue weighted by Gasteiger charge is 2.30. The lowest BCUT2D eigenvalue weighted by atomic mass is 10.0. The number of esters is 1. The monoisotopic (exact) mass is 466 g/mol. The van der Waals surface area contributed by atoms with E-state index in [4.69, 9.17) is 4.74 Å². The number of carbonyl (C=O) groups is 2. The summed E-state index contributed by atoms with van der Waals surface area (Å²) in [5.74, 6) is -0.820. The minimum absolute atomic E-state index is 0.231. The van der Waals surface area contributed by atoms with Gasteiger partial charge in [-0.25, -0.2) is 4.79 Å². The van der Waals surface area contributed by atoms with Crippen LogP contribution in [0, 0.1) is 0 Å². The van der Waals surface area contributed by atoms with Gasteiger partial charge in [-0.2, -0.15) is 5.10 Å². The van der Waals surface area contributed by atoms with E-state index in [1.165, 1.54) is 0 Å². The smallest absolute Gasteiger partial charge is 0.342 e. The highest BCUT2D eigenvalue weighted by molar-refractivity contribution is 6.01. The van der Waals surface area contributed by atoms with Crippen molar-refractivity contribution in [3.8, 4) is 11.3 Å². The summed E-state index contributed by atoms with van der Waals surface area (Å²) in [7, 11) is 0. The number of fused-ring (bicyclic) bond motifs is 1. The Balaban J connectivity index is 1.39. The van der Waals surface area contributed by atoms with Crippen LogP contribution in [0.25, 0.3) is 11.3 Å². The Hall–Kier alpha value is -4.26. The number of ether oxygens (including phenoxy) is 1. The van der Waals surface area contributed by atoms with Crippen molar-refractivity contribution in [2.75, 3.05) is 11.4 Å². The van der Waals surface area contributed by atoms with Crippen molar-refractivity contribution in [2.24, 2.45) is 0 Å². The van der Waals surface area contributed by atoms with Gasteiger partial charge in [0.2, 0.25) is 0 Å². The fourth-order valence-electron chi connectivity index (χ4n) is 4.39. The highest BCUT2D eigenvalue weighted by atomic mass is 16.5. The number of pyridine rings is 1. The molecule has 176 valence electrons. The molecule has 0 fully saturated rings. The molecule has 5 rings (SSSR count). The van der Waals surface area contributed by atoms with E-state index in [0.717, 1.165) is 29.7 Å². The Labute approximate surface area is 204 Å². The summed E-state index contributed by atoms with van der Waals surface area (Å²) in [6.07, 6.45) is 5.87. The molecule has 1 aliphatic heterocycles. The highest BCUT2D eigenvalue weighted by Crippen LogP contribution is 2.28. The lowest BCUT2D eigenvalue weighted by Crippen LogP contribution is -2.42. The third kappa shape index (κ3) is 4.84. The molecule has 2 aromatic carbocycles. The number of carbonyl (C=O) groups excluding carboxylic acids is 2. The second kappa shape index (κ2) is 9.93. The SMILES string of the molecule is CC(OC(=O)c1cn(Cc2ccccc2)nc1-c1cccnc1)C(=O)N1CCCc2ccccc21. The topological polar surface area (TPSA) is 77.3 Å². The summed E-state index contributed by atoms with van der Waals surface area (Å²) < 4.78 is 7.40. The molecule has 1 atom stereocenters. The molecule has 3 heterocycles. The largest absolute Gasteiger partial charge is 0.449 e. The Morgan fingerprint density at radius 1 is 1.03 bits per heavy atom. The summed E-state index contributed by atoms with van der Waals surface area (Å²) in [4.78, 5) is 32.4. The van der Waals surface area contributed by atoms with E-state index in [1.807, 2.05) is 60.7 Å². The number of para-hydroxylation sites is 1. The minimum atomic E-state index is -0.937. The molecule has 0 aliphatic carbocycles. The normalized spacial score (nSPS) is 13.7. The standard InChI is InChI=1S/C28H26N4O3/c1-20(27(33)32-16-8-13-22-11-5-6-14-25(22)32)35-28(34)24-19-31(18-21-9-3-2-4-10-21)30-26(24)23-12-7-15-29-17-23/h2-7,9-12,14-15,17,19-20H,8,13,16,18H2,1H3. The van der Waals surface area contributed by atoms with Gasteiger partial charge >= 0.3 is 5.97 Å². The van der Waals surface area contributed by atoms with Crippen LogP contribution in [0.15, 0.2) is 85.3 Å². The van der Waals surface area contributed by atoms with E-state index in [2.05, 4.69) is 10.1 Å². The van der Waals surface area contributed by atoms with Gasteiger partial charge in [-0.15, -0.1) is 0 Å². The number of aryl methyl sites for hydroxylation is 1. The van der Waals surface area contributed by atoms with Crippen LogP contribution < -0.4 is 4.90 Å². The van der Waals surface area contributed by atoms with Crippen LogP contribution in [-0.2, 0) is 22.5 Å². The van der Waals surface area contributed by atoms with Crippen LogP contribution in [0.5, 0.6) is 0 Å². The fourth-order valence-corrected chi connectivity index (χ4v) is 4.39. The molecular formula is C28H26N4O3. The number of nitrogens with zero attached hydrogens (tertiary/aromatic N) is 4. The molecule has 0 saturated carbocycles. The van der Waals surface area contributed by atoms with Crippen molar-refractivity contribution in [3.05, 3.63) is 102 Å². The molecule has 0 N–H and O–H groups in total. The first-order valence-electron chi connectivity index (χ1n) is 11.7. The molecule has 0 radical (unpaired) electrons. The van der Waals surface area contributed by atoms with Crippen LogP contribution in [0.1, 0.15) is 34.8 Å². The molecular weight excluding hydrogens is 440 g/mol. The third-order valence-electron chi connectivity index (χ3n) is 6.11. The van der Waals surface area contributed by atoms with Crippen molar-refractivity contribution < 1.29 is 14.3 Å². The predicted molar refractivity (Wildman–Crippen MR) is 133 cm³/mol. The van der Waals surface area contributed by atoms with Crippen LogP contribution in [0.3, 0.4) is 0 Å². The zero-order valence-corrected chi connectivity index (χ0v) is 19.5. The Morgan fingerprint density at radius 3 is 2.63 bits per heavy atom. The third-order valence-corrected chi connectivity index (χ3v) is 6.11. The molecule has 2 aromatic heterocycles. The van der Waals surface area contributed by atoms with Gasteiger partial charge in [-0.1, -0.05) is 48.5 Å². The fraction of sp³-hybridized carbons (Fsp3) is 0.214. The van der Waals surface area contributed by atoms with Crippen molar-refractivity contribution in [3.63, 3.8) is 0 Å². The van der Waals surface area contributed by atoms with Gasteiger partial charge in [-0.3, -0.25) is 14.5 Å². The molecule has 0 saturated heterocycles. The van der Waals surface area contributed by atoms with E-state index in [-0.39, 0.29) is 5.91 Å². The number of anilines is 1. The van der Waals surface area contributed by atoms with Gasteiger partial charge in [0, 0.05) is 36.4 Å². The number of aromatic nitrogens is 3. The molecule has 0 bridgehead atoms. The van der Waals surface area contributed by atoms with Crippen LogP contribution in [0.4, 0.5) is 5.69 Å². The number of hydrogen-bond acceptors (Lipinski definition) is 5. The van der Waals surface area contributed by atoms with Gasteiger partial charge in [0.1, 0.15) is 11.3 Å². The van der Waals surface area contributed by atoms with E-state index in [0.29, 0.717) is 29.9 Å². The summed E-state index contributed by atoms with van der Waals surface area (Å²) >= 11 is 0. The number of hydrogen-bond donors (Lipinski definition) is 0. The van der Waals surface area contributed by atoms with Gasteiger partial charge < -0.3 is 9.64 Å². The maximum Gasteiger partial charge on any atom is 0.342 e. The average molecular weight is 467 g/mol. The first-order valence-corrected chi connectivity index (χ1v) is 11.7. The molecule has 7 nitrogen and oxygen atoms in total. The maximum absolute atomic E-state index is 13.3. The first-order chi connectivity index (χ1) is 17.1. The lowest BCUT2D eigenvalue weighted by Gasteiger charge is -2.31. The van der Waals surface area contributed by atoms with Crippen LogP contribution >= 0.6 is 0 Å². The van der Waals surface area contributed by atoms with Crippen molar-refractivity contribution >= 4 is 17.6 Å². The maximum atomic E-state index is 13.3. The van der Waals surface area contributed by atoms with Gasteiger partial charge in [0.25, 0.3) is 5.91 Å². The second-order valence-electron chi connectivity index (χ2n) is 8.59. The minimum Gasteiger partial charge on any atom is -0.449 e. The Kier molecular flexibility index (Phi) is 6.39. The molecule has 1 aliphatic rings. The summed E-state index contributed by atoms with van der Waals surface area (Å²) in [5.41, 5.74) is 4.55. The molecule has 4 aromatic rings. The van der Waals surface area contributed by atoms with E-state index >= 15 is 0 Å². The number of rotatable bonds is 6. The van der Waals surface area contributed by atoms with Crippen molar-refractivity contribution in [2.45, 2.75) is 32.4 Å². The van der Waals surface area contributed by atoms with Gasteiger partial charge in [0.05, 0.1) is 6.54 Å². The second-order valence-corrected chi connectivity index (χ2v) is 8.59. The van der Waals surface area contributed by atoms with E-state index in [9.17, 15) is 9.59 Å². The molecule has 1 unspecified atom stereocenters. The van der Waals surface area contributed by atoms with Crippen molar-refractivity contribution in [1.29, 1.82) is 0 Å². The first kappa shape index (κ1) is 22.5. The predicted octanol–water partition coefficient (Wildman–Crippen LogP) is 4.52. The zero-order chi connectivity index (χ0) is 24.2.